The van der Waals surface area contributed by atoms with Crippen LogP contribution in [0.4, 0.5) is 0 Å². The highest BCUT2D eigenvalue weighted by atomic mass is 32.1. The van der Waals surface area contributed by atoms with Crippen LogP contribution in [0.25, 0.3) is 10.2 Å². The number of pyridine rings is 2. The van der Waals surface area contributed by atoms with Gasteiger partial charge in [-0.25, -0.2) is 4.98 Å². The Morgan fingerprint density at radius 3 is 3.09 bits per heavy atom. The van der Waals surface area contributed by atoms with Crippen LogP contribution >= 0.6 is 11.3 Å². The topological polar surface area (TPSA) is 47.0 Å². The lowest BCUT2D eigenvalue weighted by molar-refractivity contribution is 0.321. The van der Waals surface area contributed by atoms with Gasteiger partial charge in [0.25, 0.3) is 0 Å². The average Bonchev–Trinajstić information content (AvgIpc) is 3.01. The molecule has 0 fully saturated rings. The first-order chi connectivity index (χ1) is 10.8. The molecule has 4 nitrogen and oxygen atoms in total. The molecule has 114 valence electrons. The van der Waals surface area contributed by atoms with E-state index in [1.54, 1.807) is 17.5 Å². The van der Waals surface area contributed by atoms with E-state index in [-0.39, 0.29) is 6.04 Å². The summed E-state index contributed by atoms with van der Waals surface area (Å²) in [5.74, 6) is 0.705. The van der Waals surface area contributed by atoms with Crippen molar-refractivity contribution in [1.29, 1.82) is 0 Å². The normalized spacial score (nSPS) is 12.5. The summed E-state index contributed by atoms with van der Waals surface area (Å²) in [5.41, 5.74) is 3.32. The number of thiophene rings is 1. The lowest BCUT2D eigenvalue weighted by Crippen LogP contribution is -2.19. The van der Waals surface area contributed by atoms with Crippen molar-refractivity contribution in [3.63, 3.8) is 0 Å². The molecule has 0 saturated heterocycles. The molecule has 3 heterocycles. The van der Waals surface area contributed by atoms with Crippen LogP contribution in [0.5, 0.6) is 5.88 Å². The van der Waals surface area contributed by atoms with Crippen molar-refractivity contribution < 1.29 is 4.74 Å². The zero-order chi connectivity index (χ0) is 15.4. The van der Waals surface area contributed by atoms with Gasteiger partial charge in [0.1, 0.15) is 0 Å². The minimum absolute atomic E-state index is 0.216. The second kappa shape index (κ2) is 6.85. The van der Waals surface area contributed by atoms with Crippen molar-refractivity contribution in [2.24, 2.45) is 0 Å². The highest BCUT2D eigenvalue weighted by Crippen LogP contribution is 2.23. The minimum Gasteiger partial charge on any atom is -0.478 e. The van der Waals surface area contributed by atoms with Gasteiger partial charge < -0.3 is 10.1 Å². The molecule has 1 atom stereocenters. The van der Waals surface area contributed by atoms with Gasteiger partial charge in [0.15, 0.2) is 0 Å². The highest BCUT2D eigenvalue weighted by molar-refractivity contribution is 7.17. The van der Waals surface area contributed by atoms with Gasteiger partial charge in [0, 0.05) is 30.5 Å². The SMILES string of the molecule is CCOc1ncccc1CNC(C)c1cnc2ccsc2c1. The van der Waals surface area contributed by atoms with Gasteiger partial charge in [0.2, 0.25) is 5.88 Å². The molecule has 3 aromatic rings. The lowest BCUT2D eigenvalue weighted by Gasteiger charge is -2.15. The molecule has 22 heavy (non-hydrogen) atoms. The molecule has 0 aliphatic heterocycles. The molecule has 0 amide bonds. The second-order valence-corrected chi connectivity index (χ2v) is 6.02. The Hall–Kier alpha value is -1.98. The van der Waals surface area contributed by atoms with Crippen LogP contribution in [0.1, 0.15) is 31.0 Å². The Balaban J connectivity index is 1.70. The van der Waals surface area contributed by atoms with E-state index in [1.807, 2.05) is 31.3 Å². The van der Waals surface area contributed by atoms with Crippen LogP contribution in [-0.4, -0.2) is 16.6 Å². The molecule has 0 radical (unpaired) electrons. The maximum Gasteiger partial charge on any atom is 0.217 e. The number of nitrogens with zero attached hydrogens (tertiary/aromatic N) is 2. The Bertz CT molecular complexity index is 756. The summed E-state index contributed by atoms with van der Waals surface area (Å²) in [6, 6.07) is 8.44. The van der Waals surface area contributed by atoms with Crippen molar-refractivity contribution in [2.45, 2.75) is 26.4 Å². The summed E-state index contributed by atoms with van der Waals surface area (Å²) < 4.78 is 6.79. The summed E-state index contributed by atoms with van der Waals surface area (Å²) in [5, 5.41) is 5.59. The number of rotatable bonds is 6. The molecule has 3 aromatic heterocycles. The average molecular weight is 313 g/mol. The zero-order valence-electron chi connectivity index (χ0n) is 12.7. The number of hydrogen-bond acceptors (Lipinski definition) is 5. The standard InChI is InChI=1S/C17H19N3OS/c1-3-21-17-13(5-4-7-18-17)10-19-12(2)14-9-16-15(20-11-14)6-8-22-16/h4-9,11-12,19H,3,10H2,1-2H3. The predicted octanol–water partition coefficient (Wildman–Crippen LogP) is 3.94. The van der Waals surface area contributed by atoms with Gasteiger partial charge in [-0.3, -0.25) is 4.98 Å². The maximum atomic E-state index is 5.56. The monoisotopic (exact) mass is 313 g/mol. The summed E-state index contributed by atoms with van der Waals surface area (Å²) >= 11 is 1.72. The lowest BCUT2D eigenvalue weighted by atomic mass is 10.1. The van der Waals surface area contributed by atoms with Crippen LogP contribution in [-0.2, 0) is 6.54 Å². The van der Waals surface area contributed by atoms with Gasteiger partial charge in [-0.2, -0.15) is 0 Å². The first-order valence-corrected chi connectivity index (χ1v) is 8.29. The molecule has 0 spiro atoms. The van der Waals surface area contributed by atoms with E-state index in [0.717, 1.165) is 11.1 Å². The van der Waals surface area contributed by atoms with E-state index in [1.165, 1.54) is 10.3 Å². The van der Waals surface area contributed by atoms with E-state index in [4.69, 9.17) is 4.74 Å². The molecular formula is C17H19N3OS. The van der Waals surface area contributed by atoms with Crippen molar-refractivity contribution >= 4 is 21.6 Å². The van der Waals surface area contributed by atoms with Crippen molar-refractivity contribution in [1.82, 2.24) is 15.3 Å². The fourth-order valence-corrected chi connectivity index (χ4v) is 3.09. The first-order valence-electron chi connectivity index (χ1n) is 7.41. The smallest absolute Gasteiger partial charge is 0.217 e. The highest BCUT2D eigenvalue weighted by Gasteiger charge is 2.09. The fourth-order valence-electron chi connectivity index (χ4n) is 2.30. The molecule has 0 aliphatic rings. The Kier molecular flexibility index (Phi) is 4.65. The van der Waals surface area contributed by atoms with Gasteiger partial charge in [-0.15, -0.1) is 11.3 Å². The summed E-state index contributed by atoms with van der Waals surface area (Å²) in [6.45, 7) is 5.45. The van der Waals surface area contributed by atoms with Crippen LogP contribution < -0.4 is 10.1 Å². The third-order valence-corrected chi connectivity index (χ3v) is 4.41. The molecule has 0 saturated carbocycles. The summed E-state index contributed by atoms with van der Waals surface area (Å²) in [4.78, 5) is 8.78. The molecule has 1 unspecified atom stereocenters. The molecule has 3 rings (SSSR count). The fraction of sp³-hybridized carbons (Fsp3) is 0.294. The van der Waals surface area contributed by atoms with Crippen LogP contribution in [0, 0.1) is 0 Å². The van der Waals surface area contributed by atoms with Crippen molar-refractivity contribution in [3.8, 4) is 5.88 Å². The van der Waals surface area contributed by atoms with E-state index < -0.39 is 0 Å². The molecule has 0 aliphatic carbocycles. The van der Waals surface area contributed by atoms with Gasteiger partial charge in [-0.05, 0) is 43.0 Å². The van der Waals surface area contributed by atoms with Crippen molar-refractivity contribution in [2.75, 3.05) is 6.61 Å². The Labute approximate surface area is 134 Å². The number of nitrogens with one attached hydrogen (secondary N) is 1. The molecule has 0 bridgehead atoms. The number of fused-ring (bicyclic) bond motifs is 1. The molecule has 0 aromatic carbocycles. The van der Waals surface area contributed by atoms with Crippen LogP contribution in [0.2, 0.25) is 0 Å². The van der Waals surface area contributed by atoms with E-state index in [0.29, 0.717) is 19.0 Å². The van der Waals surface area contributed by atoms with Gasteiger partial charge in [0.05, 0.1) is 16.8 Å². The van der Waals surface area contributed by atoms with E-state index >= 15 is 0 Å². The summed E-state index contributed by atoms with van der Waals surface area (Å²) in [7, 11) is 0. The Morgan fingerprint density at radius 2 is 2.23 bits per heavy atom. The molecule has 5 heteroatoms. The summed E-state index contributed by atoms with van der Waals surface area (Å²) in [6.07, 6.45) is 3.70. The van der Waals surface area contributed by atoms with Crippen molar-refractivity contribution in [3.05, 3.63) is 53.2 Å². The number of ether oxygens (including phenoxy) is 1. The van der Waals surface area contributed by atoms with Crippen LogP contribution in [0.3, 0.4) is 0 Å². The largest absolute Gasteiger partial charge is 0.478 e. The zero-order valence-corrected chi connectivity index (χ0v) is 13.6. The predicted molar refractivity (Wildman–Crippen MR) is 90.3 cm³/mol. The van der Waals surface area contributed by atoms with E-state index in [2.05, 4.69) is 33.7 Å². The number of aromatic nitrogens is 2. The third kappa shape index (κ3) is 3.26. The van der Waals surface area contributed by atoms with Gasteiger partial charge in [-0.1, -0.05) is 6.07 Å². The molecular weight excluding hydrogens is 294 g/mol. The molecule has 1 N–H and O–H groups in total. The minimum atomic E-state index is 0.216. The van der Waals surface area contributed by atoms with E-state index in [9.17, 15) is 0 Å². The first kappa shape index (κ1) is 14.9. The maximum absolute atomic E-state index is 5.56. The van der Waals surface area contributed by atoms with Gasteiger partial charge >= 0.3 is 0 Å². The van der Waals surface area contributed by atoms with Crippen LogP contribution in [0.15, 0.2) is 42.0 Å². The quantitative estimate of drug-likeness (QED) is 0.749. The number of hydrogen-bond donors (Lipinski definition) is 1. The third-order valence-electron chi connectivity index (χ3n) is 3.55. The Morgan fingerprint density at radius 1 is 1.32 bits per heavy atom. The second-order valence-electron chi connectivity index (χ2n) is 5.08.